The van der Waals surface area contributed by atoms with Crippen molar-refractivity contribution >= 4 is 28.8 Å². The molecule has 2 aromatic carbocycles. The van der Waals surface area contributed by atoms with Gasteiger partial charge < -0.3 is 5.32 Å². The van der Waals surface area contributed by atoms with E-state index in [9.17, 15) is 9.59 Å². The molecular weight excluding hydrogens is 432 g/mol. The largest absolute Gasteiger partial charge is 0.354 e. The smallest absolute Gasteiger partial charge is 0.254 e. The fourth-order valence-corrected chi connectivity index (χ4v) is 3.99. The second-order valence-corrected chi connectivity index (χ2v) is 8.15. The van der Waals surface area contributed by atoms with Gasteiger partial charge in [0.15, 0.2) is 0 Å². The van der Waals surface area contributed by atoms with Crippen LogP contribution in [0.25, 0.3) is 21.8 Å². The van der Waals surface area contributed by atoms with E-state index in [4.69, 9.17) is 11.6 Å². The summed E-state index contributed by atoms with van der Waals surface area (Å²) in [6.45, 7) is 0.362. The van der Waals surface area contributed by atoms with Gasteiger partial charge in [0.05, 0.1) is 17.7 Å². The van der Waals surface area contributed by atoms with Crippen molar-refractivity contribution in [3.63, 3.8) is 0 Å². The minimum Gasteiger partial charge on any atom is -0.354 e. The van der Waals surface area contributed by atoms with E-state index in [0.29, 0.717) is 23.7 Å². The van der Waals surface area contributed by atoms with Crippen molar-refractivity contribution in [1.29, 1.82) is 0 Å². The zero-order valence-electron chi connectivity index (χ0n) is 16.5. The molecule has 0 aliphatic rings. The Labute approximate surface area is 188 Å². The van der Waals surface area contributed by atoms with Crippen LogP contribution in [0, 0.1) is 0 Å². The predicted octanol–water partition coefficient (Wildman–Crippen LogP) is 4.05. The Morgan fingerprint density at radius 3 is 2.58 bits per heavy atom. The zero-order valence-corrected chi connectivity index (χ0v) is 18.1. The SMILES string of the molecule is O=C(Cn1cnc(-c2ccc(Cl)cc2)cc1=O)NCCc1csc(-c2ccccc2)n1. The molecule has 2 heterocycles. The van der Waals surface area contributed by atoms with Crippen molar-refractivity contribution in [2.45, 2.75) is 13.0 Å². The van der Waals surface area contributed by atoms with E-state index >= 15 is 0 Å². The van der Waals surface area contributed by atoms with E-state index in [1.165, 1.54) is 17.0 Å². The van der Waals surface area contributed by atoms with Gasteiger partial charge in [-0.3, -0.25) is 14.2 Å². The molecule has 1 amide bonds. The fourth-order valence-electron chi connectivity index (χ4n) is 3.00. The van der Waals surface area contributed by atoms with E-state index in [0.717, 1.165) is 21.8 Å². The minimum atomic E-state index is -0.290. The average molecular weight is 451 g/mol. The number of nitrogens with one attached hydrogen (secondary N) is 1. The quantitative estimate of drug-likeness (QED) is 0.461. The van der Waals surface area contributed by atoms with Crippen LogP contribution in [0.1, 0.15) is 5.69 Å². The summed E-state index contributed by atoms with van der Waals surface area (Å²) in [6.07, 6.45) is 2.01. The predicted molar refractivity (Wildman–Crippen MR) is 123 cm³/mol. The van der Waals surface area contributed by atoms with E-state index in [1.54, 1.807) is 35.6 Å². The number of benzene rings is 2. The van der Waals surface area contributed by atoms with Crippen LogP contribution >= 0.6 is 22.9 Å². The second kappa shape index (κ2) is 9.68. The molecule has 0 unspecified atom stereocenters. The van der Waals surface area contributed by atoms with Gasteiger partial charge in [-0.15, -0.1) is 11.3 Å². The van der Waals surface area contributed by atoms with Crippen LogP contribution in [0.3, 0.4) is 0 Å². The number of halogens is 1. The summed E-state index contributed by atoms with van der Waals surface area (Å²) in [4.78, 5) is 33.5. The first-order valence-electron chi connectivity index (χ1n) is 9.67. The number of nitrogens with zero attached hydrogens (tertiary/aromatic N) is 3. The van der Waals surface area contributed by atoms with Gasteiger partial charge in [-0.1, -0.05) is 54.1 Å². The summed E-state index contributed by atoms with van der Waals surface area (Å²) in [5, 5.41) is 6.40. The number of aromatic nitrogens is 3. The highest BCUT2D eigenvalue weighted by atomic mass is 35.5. The Kier molecular flexibility index (Phi) is 6.54. The number of amides is 1. The van der Waals surface area contributed by atoms with Crippen LogP contribution in [-0.4, -0.2) is 27.0 Å². The molecule has 0 aliphatic carbocycles. The molecule has 0 bridgehead atoms. The number of carbonyl (C=O) groups excluding carboxylic acids is 1. The summed E-state index contributed by atoms with van der Waals surface area (Å²) in [5.41, 5.74) is 3.04. The molecule has 2 aromatic heterocycles. The Balaban J connectivity index is 1.30. The summed E-state index contributed by atoms with van der Waals surface area (Å²) in [6, 6.07) is 18.5. The van der Waals surface area contributed by atoms with E-state index in [1.807, 2.05) is 35.7 Å². The monoisotopic (exact) mass is 450 g/mol. The Morgan fingerprint density at radius 2 is 1.84 bits per heavy atom. The van der Waals surface area contributed by atoms with Crippen LogP contribution in [-0.2, 0) is 17.8 Å². The molecule has 0 atom stereocenters. The maximum Gasteiger partial charge on any atom is 0.254 e. The third-order valence-corrected chi connectivity index (χ3v) is 5.80. The molecule has 8 heteroatoms. The van der Waals surface area contributed by atoms with Crippen molar-refractivity contribution in [3.05, 3.63) is 93.4 Å². The normalized spacial score (nSPS) is 10.7. The second-order valence-electron chi connectivity index (χ2n) is 6.86. The van der Waals surface area contributed by atoms with Gasteiger partial charge in [-0.05, 0) is 12.1 Å². The molecular formula is C23H19ClN4O2S. The van der Waals surface area contributed by atoms with Crippen molar-refractivity contribution in [3.8, 4) is 21.8 Å². The maximum atomic E-state index is 12.4. The Hall–Kier alpha value is -3.29. The van der Waals surface area contributed by atoms with Crippen LogP contribution in [0.15, 0.2) is 77.2 Å². The molecule has 6 nitrogen and oxygen atoms in total. The van der Waals surface area contributed by atoms with Crippen molar-refractivity contribution in [2.75, 3.05) is 6.54 Å². The van der Waals surface area contributed by atoms with E-state index < -0.39 is 0 Å². The molecule has 156 valence electrons. The maximum absolute atomic E-state index is 12.4. The van der Waals surface area contributed by atoms with Crippen LogP contribution in [0.2, 0.25) is 5.02 Å². The van der Waals surface area contributed by atoms with Gasteiger partial charge >= 0.3 is 0 Å². The average Bonchev–Trinajstić information content (AvgIpc) is 3.25. The summed E-state index contributed by atoms with van der Waals surface area (Å²) < 4.78 is 1.28. The number of hydrogen-bond donors (Lipinski definition) is 1. The van der Waals surface area contributed by atoms with Crippen LogP contribution in [0.4, 0.5) is 0 Å². The molecule has 0 aliphatic heterocycles. The Bertz CT molecular complexity index is 1240. The molecule has 0 radical (unpaired) electrons. The topological polar surface area (TPSA) is 76.9 Å². The third kappa shape index (κ3) is 5.45. The first-order valence-corrected chi connectivity index (χ1v) is 10.9. The molecule has 4 aromatic rings. The molecule has 0 saturated carbocycles. The first kappa shape index (κ1) is 21.0. The third-order valence-electron chi connectivity index (χ3n) is 4.61. The summed E-state index contributed by atoms with van der Waals surface area (Å²) in [7, 11) is 0. The van der Waals surface area contributed by atoms with Crippen LogP contribution < -0.4 is 10.9 Å². The lowest BCUT2D eigenvalue weighted by atomic mass is 10.1. The van der Waals surface area contributed by atoms with Crippen molar-refractivity contribution < 1.29 is 4.79 Å². The standard InChI is InChI=1S/C23H19ClN4O2S/c24-18-8-6-16(7-9-18)20-12-22(30)28(15-26-20)13-21(29)25-11-10-19-14-31-23(27-19)17-4-2-1-3-5-17/h1-9,12,14-15H,10-11,13H2,(H,25,29). The molecule has 0 fully saturated rings. The molecule has 0 spiro atoms. The molecule has 4 rings (SSSR count). The van der Waals surface area contributed by atoms with Gasteiger partial charge in [0, 0.05) is 40.6 Å². The number of carbonyl (C=O) groups is 1. The minimum absolute atomic E-state index is 0.0843. The highest BCUT2D eigenvalue weighted by molar-refractivity contribution is 7.13. The molecule has 0 saturated heterocycles. The highest BCUT2D eigenvalue weighted by Gasteiger charge is 2.08. The Morgan fingerprint density at radius 1 is 1.06 bits per heavy atom. The van der Waals surface area contributed by atoms with Gasteiger partial charge in [0.1, 0.15) is 11.6 Å². The van der Waals surface area contributed by atoms with Gasteiger partial charge in [0.2, 0.25) is 5.91 Å². The van der Waals surface area contributed by atoms with Crippen molar-refractivity contribution in [2.24, 2.45) is 0 Å². The van der Waals surface area contributed by atoms with E-state index in [-0.39, 0.29) is 18.0 Å². The lowest BCUT2D eigenvalue weighted by Crippen LogP contribution is -2.33. The van der Waals surface area contributed by atoms with Gasteiger partial charge in [-0.25, -0.2) is 9.97 Å². The molecule has 31 heavy (non-hydrogen) atoms. The first-order chi connectivity index (χ1) is 15.1. The lowest BCUT2D eigenvalue weighted by Gasteiger charge is -2.07. The molecule has 1 N–H and O–H groups in total. The zero-order chi connectivity index (χ0) is 21.6. The van der Waals surface area contributed by atoms with Gasteiger partial charge in [0.25, 0.3) is 5.56 Å². The number of thiazole rings is 1. The van der Waals surface area contributed by atoms with Gasteiger partial charge in [-0.2, -0.15) is 0 Å². The summed E-state index contributed by atoms with van der Waals surface area (Å²) >= 11 is 7.47. The van der Waals surface area contributed by atoms with Crippen molar-refractivity contribution in [1.82, 2.24) is 19.9 Å². The summed E-state index contributed by atoms with van der Waals surface area (Å²) in [5.74, 6) is -0.248. The van der Waals surface area contributed by atoms with E-state index in [2.05, 4.69) is 15.3 Å². The van der Waals surface area contributed by atoms with Crippen LogP contribution in [0.5, 0.6) is 0 Å². The highest BCUT2D eigenvalue weighted by Crippen LogP contribution is 2.23. The number of rotatable bonds is 7. The number of hydrogen-bond acceptors (Lipinski definition) is 5. The fraction of sp³-hybridized carbons (Fsp3) is 0.130. The lowest BCUT2D eigenvalue weighted by molar-refractivity contribution is -0.121.